The number of carboxylic acid groups (broad SMARTS) is 2. The summed E-state index contributed by atoms with van der Waals surface area (Å²) in [5, 5.41) is 17.3. The number of ether oxygens (including phenoxy) is 2. The van der Waals surface area contributed by atoms with Crippen LogP contribution in [0.4, 0.5) is 13.2 Å². The Kier molecular flexibility index (Phi) is 18.4. The minimum atomic E-state index is -4.52. The summed E-state index contributed by atoms with van der Waals surface area (Å²) in [5.74, 6) is -2.17. The van der Waals surface area contributed by atoms with E-state index in [2.05, 4.69) is 11.7 Å². The predicted octanol–water partition coefficient (Wildman–Crippen LogP) is 7.89. The standard InChI is InChI=1S/C16H32O2.C10H9F3O4/c1-2-3-4-5-6-7-8-9-10-11-12-13-14-15-16(17)18;1-16-6-2-3-8(7(4-6)9(14)15)17-5-10(11,12)13/h2-15H2,1H3,(H,17,18);2-4H,5H2,1H3,(H,14,15). The van der Waals surface area contributed by atoms with Gasteiger partial charge in [-0.15, -0.1) is 0 Å². The largest absolute Gasteiger partial charge is 0.497 e. The molecular weight excluding hydrogens is 465 g/mol. The van der Waals surface area contributed by atoms with Crippen molar-refractivity contribution in [1.29, 1.82) is 0 Å². The molecule has 35 heavy (non-hydrogen) atoms. The second-order valence-electron chi connectivity index (χ2n) is 8.46. The molecule has 0 amide bonds. The number of hydrogen-bond donors (Lipinski definition) is 2. The highest BCUT2D eigenvalue weighted by molar-refractivity contribution is 5.91. The number of rotatable bonds is 18. The third-order valence-corrected chi connectivity index (χ3v) is 5.30. The molecule has 0 unspecified atom stereocenters. The number of halogens is 3. The van der Waals surface area contributed by atoms with Crippen molar-refractivity contribution in [3.05, 3.63) is 23.8 Å². The van der Waals surface area contributed by atoms with E-state index in [1.54, 1.807) is 0 Å². The lowest BCUT2D eigenvalue weighted by Gasteiger charge is -2.12. The zero-order chi connectivity index (χ0) is 26.5. The van der Waals surface area contributed by atoms with Gasteiger partial charge in [-0.3, -0.25) is 4.79 Å². The number of alkyl halides is 3. The number of benzene rings is 1. The lowest BCUT2D eigenvalue weighted by Crippen LogP contribution is -2.20. The predicted molar refractivity (Wildman–Crippen MR) is 129 cm³/mol. The fraction of sp³-hybridized carbons (Fsp3) is 0.692. The van der Waals surface area contributed by atoms with Crippen molar-refractivity contribution in [2.24, 2.45) is 0 Å². The average Bonchev–Trinajstić information content (AvgIpc) is 2.80. The number of carboxylic acids is 2. The van der Waals surface area contributed by atoms with Gasteiger partial charge in [0.25, 0.3) is 0 Å². The monoisotopic (exact) mass is 506 g/mol. The molecule has 0 saturated heterocycles. The van der Waals surface area contributed by atoms with Gasteiger partial charge >= 0.3 is 18.1 Å². The first kappa shape index (κ1) is 32.5. The van der Waals surface area contributed by atoms with Gasteiger partial charge in [0.05, 0.1) is 7.11 Å². The summed E-state index contributed by atoms with van der Waals surface area (Å²) in [5.41, 5.74) is -0.381. The highest BCUT2D eigenvalue weighted by Crippen LogP contribution is 2.26. The van der Waals surface area contributed by atoms with Gasteiger partial charge in [-0.1, -0.05) is 84.0 Å². The Morgan fingerprint density at radius 3 is 1.71 bits per heavy atom. The van der Waals surface area contributed by atoms with Crippen molar-refractivity contribution in [1.82, 2.24) is 0 Å². The molecule has 202 valence electrons. The Bertz CT molecular complexity index is 707. The highest BCUT2D eigenvalue weighted by Gasteiger charge is 2.29. The second kappa shape index (κ2) is 19.8. The minimum absolute atomic E-state index is 0.224. The summed E-state index contributed by atoms with van der Waals surface area (Å²) >= 11 is 0. The van der Waals surface area contributed by atoms with Crippen LogP contribution in [-0.4, -0.2) is 42.0 Å². The zero-order valence-corrected chi connectivity index (χ0v) is 21.0. The SMILES string of the molecule is CCCCCCCCCCCCCCCC(=O)O.COc1ccc(OCC(F)(F)F)c(C(=O)O)c1. The molecule has 0 aromatic heterocycles. The molecule has 0 aliphatic carbocycles. The lowest BCUT2D eigenvalue weighted by atomic mass is 10.0. The number of unbranched alkanes of at least 4 members (excludes halogenated alkanes) is 12. The second-order valence-corrected chi connectivity index (χ2v) is 8.46. The van der Waals surface area contributed by atoms with E-state index in [-0.39, 0.29) is 17.1 Å². The van der Waals surface area contributed by atoms with Gasteiger partial charge in [-0.2, -0.15) is 13.2 Å². The normalized spacial score (nSPS) is 10.9. The molecule has 6 nitrogen and oxygen atoms in total. The van der Waals surface area contributed by atoms with Crippen LogP contribution in [0.5, 0.6) is 11.5 Å². The fourth-order valence-corrected chi connectivity index (χ4v) is 3.38. The smallest absolute Gasteiger partial charge is 0.422 e. The number of aliphatic carboxylic acids is 1. The molecule has 0 spiro atoms. The third kappa shape index (κ3) is 19.5. The van der Waals surface area contributed by atoms with Gasteiger partial charge in [0.2, 0.25) is 0 Å². The van der Waals surface area contributed by atoms with Crippen molar-refractivity contribution in [3.63, 3.8) is 0 Å². The van der Waals surface area contributed by atoms with Gasteiger partial charge < -0.3 is 19.7 Å². The molecule has 1 aromatic rings. The van der Waals surface area contributed by atoms with E-state index in [1.165, 1.54) is 83.8 Å². The minimum Gasteiger partial charge on any atom is -0.497 e. The van der Waals surface area contributed by atoms with Crippen LogP contribution in [0.15, 0.2) is 18.2 Å². The van der Waals surface area contributed by atoms with E-state index in [0.717, 1.165) is 25.0 Å². The van der Waals surface area contributed by atoms with E-state index >= 15 is 0 Å². The molecule has 1 aromatic carbocycles. The van der Waals surface area contributed by atoms with Crippen LogP contribution >= 0.6 is 0 Å². The first-order valence-corrected chi connectivity index (χ1v) is 12.4. The van der Waals surface area contributed by atoms with Crippen LogP contribution in [-0.2, 0) is 4.79 Å². The molecule has 0 bridgehead atoms. The van der Waals surface area contributed by atoms with E-state index in [0.29, 0.717) is 6.42 Å². The van der Waals surface area contributed by atoms with E-state index in [9.17, 15) is 22.8 Å². The topological polar surface area (TPSA) is 93.1 Å². The Morgan fingerprint density at radius 2 is 1.31 bits per heavy atom. The molecule has 9 heteroatoms. The van der Waals surface area contributed by atoms with E-state index in [1.807, 2.05) is 0 Å². The molecule has 2 N–H and O–H groups in total. The van der Waals surface area contributed by atoms with Crippen molar-refractivity contribution in [2.75, 3.05) is 13.7 Å². The zero-order valence-electron chi connectivity index (χ0n) is 21.0. The number of carbonyl (C=O) groups is 2. The van der Waals surface area contributed by atoms with E-state index < -0.39 is 24.7 Å². The molecular formula is C26H41F3O6. The van der Waals surface area contributed by atoms with Crippen molar-refractivity contribution in [3.8, 4) is 11.5 Å². The summed E-state index contributed by atoms with van der Waals surface area (Å²) < 4.78 is 44.9. The van der Waals surface area contributed by atoms with Crippen molar-refractivity contribution >= 4 is 11.9 Å². The molecule has 0 aliphatic heterocycles. The maximum atomic E-state index is 11.9. The number of aromatic carboxylic acids is 1. The molecule has 1 rings (SSSR count). The molecule has 0 heterocycles. The molecule has 0 fully saturated rings. The summed E-state index contributed by atoms with van der Waals surface area (Å²) in [6.07, 6.45) is 12.8. The number of methoxy groups -OCH3 is 1. The summed E-state index contributed by atoms with van der Waals surface area (Å²) in [6, 6.07) is 3.53. The maximum absolute atomic E-state index is 11.9. The van der Waals surface area contributed by atoms with Gasteiger partial charge in [0.1, 0.15) is 17.1 Å². The van der Waals surface area contributed by atoms with Crippen LogP contribution in [0.25, 0.3) is 0 Å². The number of hydrogen-bond acceptors (Lipinski definition) is 4. The quantitative estimate of drug-likeness (QED) is 0.197. The van der Waals surface area contributed by atoms with Crippen LogP contribution in [0, 0.1) is 0 Å². The summed E-state index contributed by atoms with van der Waals surface area (Å²) in [7, 11) is 1.32. The highest BCUT2D eigenvalue weighted by atomic mass is 19.4. The van der Waals surface area contributed by atoms with Gasteiger partial charge in [-0.05, 0) is 24.6 Å². The van der Waals surface area contributed by atoms with Crippen LogP contribution in [0.2, 0.25) is 0 Å². The average molecular weight is 507 g/mol. The lowest BCUT2D eigenvalue weighted by molar-refractivity contribution is -0.153. The molecule has 0 radical (unpaired) electrons. The van der Waals surface area contributed by atoms with Gasteiger partial charge in [0, 0.05) is 6.42 Å². The maximum Gasteiger partial charge on any atom is 0.422 e. The molecule has 0 aliphatic rings. The Hall–Kier alpha value is -2.45. The first-order valence-electron chi connectivity index (χ1n) is 12.4. The van der Waals surface area contributed by atoms with Gasteiger partial charge in [-0.25, -0.2) is 4.79 Å². The van der Waals surface area contributed by atoms with Crippen LogP contribution < -0.4 is 9.47 Å². The Morgan fingerprint density at radius 1 is 0.829 bits per heavy atom. The molecule has 0 saturated carbocycles. The fourth-order valence-electron chi connectivity index (χ4n) is 3.38. The summed E-state index contributed by atoms with van der Waals surface area (Å²) in [4.78, 5) is 21.1. The Labute approximate surface area is 206 Å². The summed E-state index contributed by atoms with van der Waals surface area (Å²) in [6.45, 7) is 0.718. The Balaban J connectivity index is 0.000000661. The van der Waals surface area contributed by atoms with E-state index in [4.69, 9.17) is 14.9 Å². The van der Waals surface area contributed by atoms with Crippen LogP contribution in [0.3, 0.4) is 0 Å². The van der Waals surface area contributed by atoms with Crippen molar-refractivity contribution in [2.45, 2.75) is 103 Å². The molecule has 0 atom stereocenters. The van der Waals surface area contributed by atoms with Gasteiger partial charge in [0.15, 0.2) is 6.61 Å². The van der Waals surface area contributed by atoms with Crippen LogP contribution in [0.1, 0.15) is 107 Å². The van der Waals surface area contributed by atoms with Crippen molar-refractivity contribution < 1.29 is 42.4 Å². The third-order valence-electron chi connectivity index (χ3n) is 5.30. The first-order chi connectivity index (χ1) is 16.6.